The first-order valence-electron chi connectivity index (χ1n) is 7.57. The van der Waals surface area contributed by atoms with Gasteiger partial charge in [0.2, 0.25) is 0 Å². The van der Waals surface area contributed by atoms with E-state index in [-0.39, 0.29) is 0 Å². The molecule has 0 aliphatic carbocycles. The number of aromatic nitrogens is 2. The van der Waals surface area contributed by atoms with Gasteiger partial charge in [-0.25, -0.2) is 4.98 Å². The van der Waals surface area contributed by atoms with Crippen molar-refractivity contribution in [2.45, 2.75) is 25.3 Å². The van der Waals surface area contributed by atoms with E-state index < -0.39 is 0 Å². The third-order valence-electron chi connectivity index (χ3n) is 4.50. The van der Waals surface area contributed by atoms with Crippen molar-refractivity contribution >= 4 is 11.0 Å². The van der Waals surface area contributed by atoms with E-state index in [1.54, 1.807) is 0 Å². The van der Waals surface area contributed by atoms with Crippen LogP contribution in [0.15, 0.2) is 48.8 Å². The summed E-state index contributed by atoms with van der Waals surface area (Å²) in [5, 5.41) is 4.70. The lowest BCUT2D eigenvalue weighted by molar-refractivity contribution is 0.658. The lowest BCUT2D eigenvalue weighted by atomic mass is 9.94. The predicted octanol–water partition coefficient (Wildman–Crippen LogP) is 3.70. The molecule has 3 heterocycles. The van der Waals surface area contributed by atoms with Crippen LogP contribution in [0.2, 0.25) is 0 Å². The van der Waals surface area contributed by atoms with Gasteiger partial charge >= 0.3 is 0 Å². The Balaban J connectivity index is 1.69. The van der Waals surface area contributed by atoms with Gasteiger partial charge in [0.05, 0.1) is 0 Å². The van der Waals surface area contributed by atoms with Crippen molar-refractivity contribution in [2.24, 2.45) is 0 Å². The zero-order valence-corrected chi connectivity index (χ0v) is 12.1. The van der Waals surface area contributed by atoms with E-state index >= 15 is 0 Å². The first-order chi connectivity index (χ1) is 10.3. The van der Waals surface area contributed by atoms with Crippen LogP contribution in [-0.2, 0) is 0 Å². The van der Waals surface area contributed by atoms with Crippen LogP contribution in [0.4, 0.5) is 0 Å². The second kappa shape index (κ2) is 5.01. The lowest BCUT2D eigenvalue weighted by Crippen LogP contribution is -2.16. The van der Waals surface area contributed by atoms with Crippen molar-refractivity contribution in [3.63, 3.8) is 0 Å². The maximum atomic E-state index is 4.35. The minimum atomic E-state index is 0.634. The number of H-pyrrole nitrogens is 1. The van der Waals surface area contributed by atoms with Gasteiger partial charge in [0.15, 0.2) is 0 Å². The second-order valence-corrected chi connectivity index (χ2v) is 5.96. The number of nitrogens with one attached hydrogen (secondary N) is 2. The molecule has 1 aliphatic heterocycles. The van der Waals surface area contributed by atoms with Crippen LogP contribution >= 0.6 is 0 Å². The van der Waals surface area contributed by atoms with Gasteiger partial charge in [-0.1, -0.05) is 24.3 Å². The highest BCUT2D eigenvalue weighted by Gasteiger charge is 2.21. The molecular formula is C18H19N3. The minimum Gasteiger partial charge on any atom is -0.346 e. The van der Waals surface area contributed by atoms with E-state index in [0.29, 0.717) is 12.0 Å². The van der Waals surface area contributed by atoms with Gasteiger partial charge in [-0.15, -0.1) is 0 Å². The van der Waals surface area contributed by atoms with Crippen LogP contribution < -0.4 is 5.32 Å². The summed E-state index contributed by atoms with van der Waals surface area (Å²) in [6, 6.07) is 13.8. The van der Waals surface area contributed by atoms with Gasteiger partial charge in [-0.2, -0.15) is 0 Å². The smallest absolute Gasteiger partial charge is 0.137 e. The summed E-state index contributed by atoms with van der Waals surface area (Å²) in [7, 11) is 0. The Hall–Kier alpha value is -2.13. The molecule has 2 atom stereocenters. The van der Waals surface area contributed by atoms with Gasteiger partial charge in [-0.3, -0.25) is 0 Å². The van der Waals surface area contributed by atoms with E-state index in [1.807, 2.05) is 12.4 Å². The highest BCUT2D eigenvalue weighted by atomic mass is 14.9. The molecule has 3 nitrogen and oxygen atoms in total. The average Bonchev–Trinajstić information content (AvgIpc) is 3.15. The molecule has 1 aromatic carbocycles. The van der Waals surface area contributed by atoms with Crippen LogP contribution in [0, 0.1) is 0 Å². The van der Waals surface area contributed by atoms with Crippen molar-refractivity contribution in [2.75, 3.05) is 6.54 Å². The SMILES string of the molecule is CC1CC(c2ccc(-c3ccnc4[nH]ccc34)cc2)CN1. The molecule has 106 valence electrons. The molecule has 0 radical (unpaired) electrons. The third-order valence-corrected chi connectivity index (χ3v) is 4.50. The van der Waals surface area contributed by atoms with Crippen molar-refractivity contribution in [3.8, 4) is 11.1 Å². The Kier molecular flexibility index (Phi) is 3.00. The first kappa shape index (κ1) is 12.6. The molecule has 0 amide bonds. The Bertz CT molecular complexity index is 757. The van der Waals surface area contributed by atoms with Crippen LogP contribution in [-0.4, -0.2) is 22.6 Å². The number of hydrogen-bond acceptors (Lipinski definition) is 2. The van der Waals surface area contributed by atoms with Gasteiger partial charge in [0, 0.05) is 30.4 Å². The fourth-order valence-electron chi connectivity index (χ4n) is 3.34. The molecular weight excluding hydrogens is 258 g/mol. The van der Waals surface area contributed by atoms with Crippen LogP contribution in [0.3, 0.4) is 0 Å². The molecule has 2 N–H and O–H groups in total. The van der Waals surface area contributed by atoms with Crippen LogP contribution in [0.1, 0.15) is 24.8 Å². The molecule has 2 unspecified atom stereocenters. The molecule has 1 aliphatic rings. The summed E-state index contributed by atoms with van der Waals surface area (Å²) in [6.45, 7) is 3.35. The first-order valence-corrected chi connectivity index (χ1v) is 7.57. The summed E-state index contributed by atoms with van der Waals surface area (Å²) < 4.78 is 0. The molecule has 1 saturated heterocycles. The summed E-state index contributed by atoms with van der Waals surface area (Å²) in [6.07, 6.45) is 5.04. The summed E-state index contributed by atoms with van der Waals surface area (Å²) in [4.78, 5) is 7.52. The summed E-state index contributed by atoms with van der Waals surface area (Å²) in [5.41, 5.74) is 4.89. The largest absolute Gasteiger partial charge is 0.346 e. The number of fused-ring (bicyclic) bond motifs is 1. The molecule has 4 rings (SSSR count). The Labute approximate surface area is 124 Å². The van der Waals surface area contributed by atoms with Gasteiger partial charge in [0.1, 0.15) is 5.65 Å². The van der Waals surface area contributed by atoms with E-state index in [9.17, 15) is 0 Å². The number of hydrogen-bond donors (Lipinski definition) is 2. The van der Waals surface area contributed by atoms with Gasteiger partial charge < -0.3 is 10.3 Å². The molecule has 21 heavy (non-hydrogen) atoms. The molecule has 1 fully saturated rings. The molecule has 3 aromatic rings. The number of pyridine rings is 1. The molecule has 2 aromatic heterocycles. The predicted molar refractivity (Wildman–Crippen MR) is 86.4 cm³/mol. The maximum absolute atomic E-state index is 4.35. The topological polar surface area (TPSA) is 40.7 Å². The monoisotopic (exact) mass is 277 g/mol. The van der Waals surface area contributed by atoms with E-state index in [0.717, 1.165) is 12.2 Å². The fraction of sp³-hybridized carbons (Fsp3) is 0.278. The summed E-state index contributed by atoms with van der Waals surface area (Å²) in [5.74, 6) is 0.652. The van der Waals surface area contributed by atoms with E-state index in [1.165, 1.54) is 28.5 Å². The van der Waals surface area contributed by atoms with Gasteiger partial charge in [0.25, 0.3) is 0 Å². The third kappa shape index (κ3) is 2.24. The average molecular weight is 277 g/mol. The number of aromatic amines is 1. The number of benzene rings is 1. The number of nitrogens with zero attached hydrogens (tertiary/aromatic N) is 1. The Morgan fingerprint density at radius 1 is 1.10 bits per heavy atom. The molecule has 3 heteroatoms. The van der Waals surface area contributed by atoms with Crippen LogP contribution in [0.5, 0.6) is 0 Å². The zero-order chi connectivity index (χ0) is 14.2. The standard InChI is InChI=1S/C18H19N3/c1-12-10-15(11-21-12)13-2-4-14(5-3-13)16-6-8-19-18-17(16)7-9-20-18/h2-9,12,15,21H,10-11H2,1H3,(H,19,20). The lowest BCUT2D eigenvalue weighted by Gasteiger charge is -2.10. The zero-order valence-electron chi connectivity index (χ0n) is 12.1. The highest BCUT2D eigenvalue weighted by molar-refractivity contribution is 5.92. The van der Waals surface area contributed by atoms with Gasteiger partial charge in [-0.05, 0) is 48.1 Å². The Morgan fingerprint density at radius 3 is 2.71 bits per heavy atom. The van der Waals surface area contributed by atoms with Crippen molar-refractivity contribution < 1.29 is 0 Å². The maximum Gasteiger partial charge on any atom is 0.137 e. The minimum absolute atomic E-state index is 0.634. The normalized spacial score (nSPS) is 22.0. The highest BCUT2D eigenvalue weighted by Crippen LogP contribution is 2.30. The second-order valence-electron chi connectivity index (χ2n) is 5.96. The Morgan fingerprint density at radius 2 is 1.95 bits per heavy atom. The van der Waals surface area contributed by atoms with Crippen molar-refractivity contribution in [1.82, 2.24) is 15.3 Å². The van der Waals surface area contributed by atoms with Crippen molar-refractivity contribution in [1.29, 1.82) is 0 Å². The summed E-state index contributed by atoms with van der Waals surface area (Å²) >= 11 is 0. The van der Waals surface area contributed by atoms with Crippen LogP contribution in [0.25, 0.3) is 22.2 Å². The fourth-order valence-corrected chi connectivity index (χ4v) is 3.34. The quantitative estimate of drug-likeness (QED) is 0.750. The molecule has 0 saturated carbocycles. The molecule has 0 spiro atoms. The van der Waals surface area contributed by atoms with Crippen molar-refractivity contribution in [3.05, 3.63) is 54.4 Å². The number of rotatable bonds is 2. The molecule has 0 bridgehead atoms. The van der Waals surface area contributed by atoms with E-state index in [2.05, 4.69) is 58.6 Å². The van der Waals surface area contributed by atoms with E-state index in [4.69, 9.17) is 0 Å².